The smallest absolute Gasteiger partial charge is 0.224 e. The van der Waals surface area contributed by atoms with Crippen molar-refractivity contribution in [2.24, 2.45) is 5.92 Å². The molecule has 0 bridgehead atoms. The highest BCUT2D eigenvalue weighted by molar-refractivity contribution is 5.85. The average Bonchev–Trinajstić information content (AvgIpc) is 2.48. The predicted octanol–water partition coefficient (Wildman–Crippen LogP) is 2.12. The first-order chi connectivity index (χ1) is 10.1. The molecule has 1 heterocycles. The summed E-state index contributed by atoms with van der Waals surface area (Å²) in [6.07, 6.45) is 2.97. The lowest BCUT2D eigenvalue weighted by atomic mass is 9.97. The van der Waals surface area contributed by atoms with Crippen LogP contribution in [-0.2, 0) is 11.2 Å². The second-order valence-electron chi connectivity index (χ2n) is 6.20. The second kappa shape index (κ2) is 11.7. The van der Waals surface area contributed by atoms with E-state index in [1.165, 1.54) is 5.56 Å². The van der Waals surface area contributed by atoms with Gasteiger partial charge in [-0.1, -0.05) is 30.3 Å². The number of likely N-dealkylation sites (N-methyl/N-ethyl adjacent to an activating group) is 1. The number of nitrogens with one attached hydrogen (secondary N) is 2. The van der Waals surface area contributed by atoms with E-state index in [1.54, 1.807) is 0 Å². The van der Waals surface area contributed by atoms with Gasteiger partial charge in [-0.05, 0) is 45.5 Å². The van der Waals surface area contributed by atoms with Gasteiger partial charge >= 0.3 is 0 Å². The molecule has 2 rings (SSSR count). The molecular weight excluding hydrogens is 333 g/mol. The van der Waals surface area contributed by atoms with Crippen molar-refractivity contribution in [3.05, 3.63) is 35.9 Å². The zero-order valence-corrected chi connectivity index (χ0v) is 15.6. The molecule has 1 aliphatic heterocycles. The standard InChI is InChI=1S/C17H27N3O.2ClH/c1-20(2)13-16(11-14-7-4-3-5-8-14)19-17(21)15-9-6-10-18-12-15;;/h3-5,7-8,15-16,18H,6,9-13H2,1-2H3,(H,19,21);2*1H. The maximum atomic E-state index is 12.4. The number of carbonyl (C=O) groups excluding carboxylic acids is 1. The summed E-state index contributed by atoms with van der Waals surface area (Å²) in [5, 5.41) is 6.55. The van der Waals surface area contributed by atoms with E-state index < -0.39 is 0 Å². The first-order valence-electron chi connectivity index (χ1n) is 7.85. The van der Waals surface area contributed by atoms with E-state index in [2.05, 4.69) is 39.8 Å². The Balaban J connectivity index is 0.00000242. The molecule has 0 spiro atoms. The molecule has 1 amide bonds. The van der Waals surface area contributed by atoms with Crippen LogP contribution in [0, 0.1) is 5.92 Å². The predicted molar refractivity (Wildman–Crippen MR) is 101 cm³/mol. The van der Waals surface area contributed by atoms with E-state index in [1.807, 2.05) is 20.2 Å². The van der Waals surface area contributed by atoms with Crippen LogP contribution in [0.3, 0.4) is 0 Å². The zero-order valence-electron chi connectivity index (χ0n) is 14.0. The summed E-state index contributed by atoms with van der Waals surface area (Å²) in [7, 11) is 4.10. The van der Waals surface area contributed by atoms with Crippen LogP contribution in [0.4, 0.5) is 0 Å². The maximum absolute atomic E-state index is 12.4. The van der Waals surface area contributed by atoms with Gasteiger partial charge in [0.05, 0.1) is 5.92 Å². The minimum atomic E-state index is 0. The van der Waals surface area contributed by atoms with Gasteiger partial charge < -0.3 is 15.5 Å². The Bertz CT molecular complexity index is 437. The molecule has 1 saturated heterocycles. The van der Waals surface area contributed by atoms with Crippen molar-refractivity contribution in [1.82, 2.24) is 15.5 Å². The SMILES string of the molecule is CN(C)CC(Cc1ccccc1)NC(=O)C1CCCNC1.Cl.Cl. The third kappa shape index (κ3) is 8.02. The van der Waals surface area contributed by atoms with Crippen molar-refractivity contribution in [3.63, 3.8) is 0 Å². The Morgan fingerprint density at radius 1 is 1.30 bits per heavy atom. The number of benzene rings is 1. The number of amides is 1. The largest absolute Gasteiger partial charge is 0.351 e. The Kier molecular flexibility index (Phi) is 11.3. The quantitative estimate of drug-likeness (QED) is 0.815. The summed E-state index contributed by atoms with van der Waals surface area (Å²) in [6.45, 7) is 2.71. The average molecular weight is 362 g/mol. The number of carbonyl (C=O) groups is 1. The van der Waals surface area contributed by atoms with Crippen LogP contribution in [0.2, 0.25) is 0 Å². The third-order valence-electron chi connectivity index (χ3n) is 3.92. The Labute approximate surface area is 152 Å². The molecule has 4 nitrogen and oxygen atoms in total. The monoisotopic (exact) mass is 361 g/mol. The summed E-state index contributed by atoms with van der Waals surface area (Å²) >= 11 is 0. The number of piperidine rings is 1. The van der Waals surface area contributed by atoms with E-state index in [4.69, 9.17) is 0 Å². The molecule has 132 valence electrons. The van der Waals surface area contributed by atoms with Gasteiger partial charge in [0.25, 0.3) is 0 Å². The van der Waals surface area contributed by atoms with E-state index in [0.717, 1.165) is 38.9 Å². The highest BCUT2D eigenvalue weighted by Gasteiger charge is 2.23. The molecule has 1 aliphatic rings. The lowest BCUT2D eigenvalue weighted by molar-refractivity contribution is -0.126. The molecule has 2 N–H and O–H groups in total. The molecule has 0 saturated carbocycles. The number of halogens is 2. The first kappa shape index (κ1) is 22.2. The molecule has 0 aliphatic carbocycles. The van der Waals surface area contributed by atoms with E-state index in [0.29, 0.717) is 0 Å². The summed E-state index contributed by atoms with van der Waals surface area (Å²) in [5.41, 5.74) is 1.27. The molecule has 23 heavy (non-hydrogen) atoms. The van der Waals surface area contributed by atoms with E-state index in [-0.39, 0.29) is 42.7 Å². The molecule has 2 unspecified atom stereocenters. The molecule has 0 aromatic heterocycles. The minimum Gasteiger partial charge on any atom is -0.351 e. The number of hydrogen-bond donors (Lipinski definition) is 2. The van der Waals surface area contributed by atoms with E-state index in [9.17, 15) is 4.79 Å². The van der Waals surface area contributed by atoms with Crippen LogP contribution in [0.15, 0.2) is 30.3 Å². The lowest BCUT2D eigenvalue weighted by Crippen LogP contribution is -2.48. The van der Waals surface area contributed by atoms with E-state index >= 15 is 0 Å². The number of nitrogens with zero attached hydrogens (tertiary/aromatic N) is 1. The molecule has 1 aromatic carbocycles. The Morgan fingerprint density at radius 2 is 2.00 bits per heavy atom. The van der Waals surface area contributed by atoms with Gasteiger partial charge in [-0.25, -0.2) is 0 Å². The summed E-state index contributed by atoms with van der Waals surface area (Å²) in [6, 6.07) is 10.5. The van der Waals surface area contributed by atoms with Gasteiger partial charge in [0.15, 0.2) is 0 Å². The maximum Gasteiger partial charge on any atom is 0.224 e. The molecule has 1 aromatic rings. The highest BCUT2D eigenvalue weighted by atomic mass is 35.5. The van der Waals surface area contributed by atoms with Crippen molar-refractivity contribution < 1.29 is 4.79 Å². The van der Waals surface area contributed by atoms with Crippen molar-refractivity contribution in [2.75, 3.05) is 33.7 Å². The fourth-order valence-corrected chi connectivity index (χ4v) is 2.90. The number of rotatable bonds is 6. The number of hydrogen-bond acceptors (Lipinski definition) is 3. The molecule has 1 fully saturated rings. The van der Waals surface area contributed by atoms with Crippen LogP contribution in [-0.4, -0.2) is 50.6 Å². The summed E-state index contributed by atoms with van der Waals surface area (Å²) in [4.78, 5) is 14.5. The van der Waals surface area contributed by atoms with Crippen molar-refractivity contribution in [2.45, 2.75) is 25.3 Å². The molecule has 6 heteroatoms. The fraction of sp³-hybridized carbons (Fsp3) is 0.588. The lowest BCUT2D eigenvalue weighted by Gasteiger charge is -2.27. The van der Waals surface area contributed by atoms with Crippen LogP contribution >= 0.6 is 24.8 Å². The highest BCUT2D eigenvalue weighted by Crippen LogP contribution is 2.11. The van der Waals surface area contributed by atoms with Crippen molar-refractivity contribution >= 4 is 30.7 Å². The van der Waals surface area contributed by atoms with Gasteiger partial charge in [-0.2, -0.15) is 0 Å². The van der Waals surface area contributed by atoms with Gasteiger partial charge in [0, 0.05) is 19.1 Å². The molecule has 0 radical (unpaired) electrons. The topological polar surface area (TPSA) is 44.4 Å². The summed E-state index contributed by atoms with van der Waals surface area (Å²) < 4.78 is 0. The minimum absolute atomic E-state index is 0. The fourth-order valence-electron chi connectivity index (χ4n) is 2.90. The van der Waals surface area contributed by atoms with Crippen LogP contribution in [0.25, 0.3) is 0 Å². The van der Waals surface area contributed by atoms with Gasteiger partial charge in [-0.3, -0.25) is 4.79 Å². The molecular formula is C17H29Cl2N3O. The van der Waals surface area contributed by atoms with Crippen LogP contribution < -0.4 is 10.6 Å². The normalized spacial score (nSPS) is 18.5. The Morgan fingerprint density at radius 3 is 2.57 bits per heavy atom. The van der Waals surface area contributed by atoms with Gasteiger partial charge in [0.2, 0.25) is 5.91 Å². The first-order valence-corrected chi connectivity index (χ1v) is 7.85. The third-order valence-corrected chi connectivity index (χ3v) is 3.92. The molecule has 2 atom stereocenters. The van der Waals surface area contributed by atoms with Crippen LogP contribution in [0.5, 0.6) is 0 Å². The van der Waals surface area contributed by atoms with Gasteiger partial charge in [0.1, 0.15) is 0 Å². The van der Waals surface area contributed by atoms with Gasteiger partial charge in [-0.15, -0.1) is 24.8 Å². The van der Waals surface area contributed by atoms with Crippen molar-refractivity contribution in [1.29, 1.82) is 0 Å². The zero-order chi connectivity index (χ0) is 15.1. The Hall–Kier alpha value is -0.810. The summed E-state index contributed by atoms with van der Waals surface area (Å²) in [5.74, 6) is 0.323. The second-order valence-corrected chi connectivity index (χ2v) is 6.20. The van der Waals surface area contributed by atoms with Crippen molar-refractivity contribution in [3.8, 4) is 0 Å². The van der Waals surface area contributed by atoms with Crippen LogP contribution in [0.1, 0.15) is 18.4 Å².